The van der Waals surface area contributed by atoms with Gasteiger partial charge in [0.1, 0.15) is 0 Å². The molecule has 0 aliphatic carbocycles. The number of halogens is 1. The van der Waals surface area contributed by atoms with E-state index in [1.807, 2.05) is 30.3 Å². The van der Waals surface area contributed by atoms with E-state index < -0.39 is 26.0 Å². The first-order chi connectivity index (χ1) is 18.6. The largest absolute Gasteiger partial charge is 0.322 e. The van der Waals surface area contributed by atoms with Crippen LogP contribution in [-0.4, -0.2) is 40.1 Å². The molecular formula is C28H26ClN3O5S2. The smallest absolute Gasteiger partial charge is 0.261 e. The van der Waals surface area contributed by atoms with Crippen LogP contribution in [0.1, 0.15) is 29.6 Å². The van der Waals surface area contributed by atoms with Crippen LogP contribution in [-0.2, 0) is 20.0 Å². The number of carbonyl (C=O) groups is 1. The van der Waals surface area contributed by atoms with Gasteiger partial charge in [0.2, 0.25) is 10.0 Å². The number of carbonyl (C=O) groups excluding carboxylic acids is 1. The quantitative estimate of drug-likeness (QED) is 0.289. The van der Waals surface area contributed by atoms with Crippen molar-refractivity contribution in [3.63, 3.8) is 0 Å². The van der Waals surface area contributed by atoms with Gasteiger partial charge in [-0.15, -0.1) is 0 Å². The standard InChI is InChI=1S/C28H26ClN3O5S2/c29-26-16-15-23(39(36,37)32-17-4-1-5-18-32)19-25(26)28(33)30-21-11-13-22(14-12-21)38(34,35)31-27-10-6-8-20-7-2-3-9-24(20)27/h2-3,6-16,19,31H,1,4-5,17-18H2,(H,30,33). The minimum absolute atomic E-state index is 0.0000911. The van der Waals surface area contributed by atoms with Gasteiger partial charge in [0.25, 0.3) is 15.9 Å². The molecule has 4 aromatic rings. The summed E-state index contributed by atoms with van der Waals surface area (Å²) in [5, 5.41) is 4.44. The van der Waals surface area contributed by atoms with Gasteiger partial charge in [0.15, 0.2) is 0 Å². The van der Waals surface area contributed by atoms with E-state index in [1.54, 1.807) is 12.1 Å². The zero-order valence-corrected chi connectivity index (χ0v) is 23.2. The van der Waals surface area contributed by atoms with Gasteiger partial charge < -0.3 is 5.32 Å². The van der Waals surface area contributed by atoms with Crippen LogP contribution >= 0.6 is 11.6 Å². The van der Waals surface area contributed by atoms with Crippen LogP contribution in [0.4, 0.5) is 11.4 Å². The Labute approximate surface area is 232 Å². The SMILES string of the molecule is O=C(Nc1ccc(S(=O)(=O)Nc2cccc3ccccc23)cc1)c1cc(S(=O)(=O)N2CCCCC2)ccc1Cl. The van der Waals surface area contributed by atoms with Gasteiger partial charge in [-0.25, -0.2) is 16.8 Å². The molecule has 8 nitrogen and oxygen atoms in total. The summed E-state index contributed by atoms with van der Waals surface area (Å²) in [5.74, 6) is -0.611. The highest BCUT2D eigenvalue weighted by atomic mass is 35.5. The average molecular weight is 584 g/mol. The maximum Gasteiger partial charge on any atom is 0.261 e. The predicted molar refractivity (Wildman–Crippen MR) is 153 cm³/mol. The summed E-state index contributed by atoms with van der Waals surface area (Å²) in [7, 11) is -7.65. The lowest BCUT2D eigenvalue weighted by Crippen LogP contribution is -2.35. The van der Waals surface area contributed by atoms with Crippen molar-refractivity contribution in [1.29, 1.82) is 0 Å². The Bertz CT molecular complexity index is 1750. The second-order valence-electron chi connectivity index (χ2n) is 9.22. The molecule has 11 heteroatoms. The Morgan fingerprint density at radius 1 is 0.769 bits per heavy atom. The summed E-state index contributed by atoms with van der Waals surface area (Å²) in [4.78, 5) is 13.0. The maximum absolute atomic E-state index is 13.1. The zero-order chi connectivity index (χ0) is 27.6. The lowest BCUT2D eigenvalue weighted by Gasteiger charge is -2.26. The lowest BCUT2D eigenvalue weighted by atomic mass is 10.1. The lowest BCUT2D eigenvalue weighted by molar-refractivity contribution is 0.102. The Balaban J connectivity index is 1.33. The van der Waals surface area contributed by atoms with E-state index in [0.717, 1.165) is 30.0 Å². The highest BCUT2D eigenvalue weighted by Gasteiger charge is 2.27. The van der Waals surface area contributed by atoms with E-state index >= 15 is 0 Å². The van der Waals surface area contributed by atoms with Crippen LogP contribution in [0.15, 0.2) is 94.7 Å². The normalized spacial score (nSPS) is 14.7. The average Bonchev–Trinajstić information content (AvgIpc) is 2.94. The summed E-state index contributed by atoms with van der Waals surface area (Å²) in [6.07, 6.45) is 2.58. The van der Waals surface area contributed by atoms with Gasteiger partial charge >= 0.3 is 0 Å². The predicted octanol–water partition coefficient (Wildman–Crippen LogP) is 5.72. The third-order valence-electron chi connectivity index (χ3n) is 6.59. The fourth-order valence-electron chi connectivity index (χ4n) is 4.53. The number of amides is 1. The van der Waals surface area contributed by atoms with Gasteiger partial charge in [-0.1, -0.05) is 54.4 Å². The second kappa shape index (κ2) is 11.0. The van der Waals surface area contributed by atoms with E-state index in [9.17, 15) is 21.6 Å². The Hall–Kier alpha value is -3.44. The fraction of sp³-hybridized carbons (Fsp3) is 0.179. The van der Waals surface area contributed by atoms with Crippen LogP contribution in [0, 0.1) is 0 Å². The molecular weight excluding hydrogens is 558 g/mol. The van der Waals surface area contributed by atoms with Crippen molar-refractivity contribution in [2.45, 2.75) is 29.1 Å². The van der Waals surface area contributed by atoms with Crippen molar-refractivity contribution in [2.24, 2.45) is 0 Å². The van der Waals surface area contributed by atoms with E-state index in [4.69, 9.17) is 11.6 Å². The second-order valence-corrected chi connectivity index (χ2v) is 13.2. The molecule has 1 amide bonds. The summed E-state index contributed by atoms with van der Waals surface area (Å²) < 4.78 is 56.2. The molecule has 0 atom stereocenters. The topological polar surface area (TPSA) is 113 Å². The number of hydrogen-bond donors (Lipinski definition) is 2. The van der Waals surface area contributed by atoms with E-state index in [1.165, 1.54) is 46.8 Å². The molecule has 0 spiro atoms. The van der Waals surface area contributed by atoms with Crippen LogP contribution in [0.5, 0.6) is 0 Å². The van der Waals surface area contributed by atoms with Gasteiger partial charge in [0.05, 0.1) is 26.1 Å². The first kappa shape index (κ1) is 27.1. The minimum Gasteiger partial charge on any atom is -0.322 e. The zero-order valence-electron chi connectivity index (χ0n) is 20.8. The summed E-state index contributed by atoms with van der Waals surface area (Å²) >= 11 is 6.24. The van der Waals surface area contributed by atoms with Crippen molar-refractivity contribution < 1.29 is 21.6 Å². The van der Waals surface area contributed by atoms with Crippen molar-refractivity contribution >= 4 is 59.7 Å². The molecule has 0 bridgehead atoms. The minimum atomic E-state index is -3.90. The number of benzene rings is 4. The Morgan fingerprint density at radius 3 is 2.18 bits per heavy atom. The molecule has 1 heterocycles. The van der Waals surface area contributed by atoms with Crippen LogP contribution in [0.25, 0.3) is 10.8 Å². The number of anilines is 2. The Kier molecular flexibility index (Phi) is 7.64. The van der Waals surface area contributed by atoms with Crippen molar-refractivity contribution in [3.05, 3.63) is 95.5 Å². The van der Waals surface area contributed by atoms with Crippen molar-refractivity contribution in [1.82, 2.24) is 4.31 Å². The summed E-state index contributed by atoms with van der Waals surface area (Å²) in [6.45, 7) is 0.883. The molecule has 1 aliphatic rings. The number of piperidine rings is 1. The van der Waals surface area contributed by atoms with Gasteiger partial charge in [0, 0.05) is 24.2 Å². The molecule has 4 aromatic carbocycles. The van der Waals surface area contributed by atoms with Crippen LogP contribution in [0.3, 0.4) is 0 Å². The number of fused-ring (bicyclic) bond motifs is 1. The van der Waals surface area contributed by atoms with Gasteiger partial charge in [-0.3, -0.25) is 9.52 Å². The fourth-order valence-corrected chi connectivity index (χ4v) is 7.35. The summed E-state index contributed by atoms with van der Waals surface area (Å²) in [6, 6.07) is 22.5. The monoisotopic (exact) mass is 583 g/mol. The third kappa shape index (κ3) is 5.79. The molecule has 2 N–H and O–H groups in total. The van der Waals surface area contributed by atoms with E-state index in [2.05, 4.69) is 10.0 Å². The van der Waals surface area contributed by atoms with Crippen LogP contribution < -0.4 is 10.0 Å². The number of nitrogens with one attached hydrogen (secondary N) is 2. The van der Waals surface area contributed by atoms with Crippen molar-refractivity contribution in [2.75, 3.05) is 23.1 Å². The van der Waals surface area contributed by atoms with E-state index in [-0.39, 0.29) is 20.4 Å². The number of hydrogen-bond acceptors (Lipinski definition) is 5. The first-order valence-electron chi connectivity index (χ1n) is 12.4. The molecule has 0 aromatic heterocycles. The molecule has 0 unspecified atom stereocenters. The summed E-state index contributed by atoms with van der Waals surface area (Å²) in [5.41, 5.74) is 0.785. The van der Waals surface area contributed by atoms with E-state index in [0.29, 0.717) is 24.5 Å². The highest BCUT2D eigenvalue weighted by Crippen LogP contribution is 2.28. The van der Waals surface area contributed by atoms with Gasteiger partial charge in [-0.05, 0) is 66.8 Å². The van der Waals surface area contributed by atoms with Crippen LogP contribution in [0.2, 0.25) is 5.02 Å². The molecule has 1 fully saturated rings. The van der Waals surface area contributed by atoms with Gasteiger partial charge in [-0.2, -0.15) is 4.31 Å². The molecule has 0 radical (unpaired) electrons. The maximum atomic E-state index is 13.1. The number of nitrogens with zero attached hydrogens (tertiary/aromatic N) is 1. The van der Waals surface area contributed by atoms with Crippen molar-refractivity contribution in [3.8, 4) is 0 Å². The number of sulfonamides is 2. The first-order valence-corrected chi connectivity index (χ1v) is 15.7. The molecule has 5 rings (SSSR count). The molecule has 1 aliphatic heterocycles. The Morgan fingerprint density at radius 2 is 1.44 bits per heavy atom. The third-order valence-corrected chi connectivity index (χ3v) is 10.2. The molecule has 39 heavy (non-hydrogen) atoms. The molecule has 202 valence electrons. The molecule has 1 saturated heterocycles. The number of rotatable bonds is 7. The molecule has 0 saturated carbocycles. The highest BCUT2D eigenvalue weighted by molar-refractivity contribution is 7.92.